The maximum absolute atomic E-state index is 13.3. The van der Waals surface area contributed by atoms with Crippen LogP contribution in [0.5, 0.6) is 0 Å². The van der Waals surface area contributed by atoms with Crippen molar-refractivity contribution in [2.45, 2.75) is 13.5 Å². The SMILES string of the molecule is Cc1cc(Cl)cc(CN=C=O)c1F. The summed E-state index contributed by atoms with van der Waals surface area (Å²) in [4.78, 5) is 13.1. The minimum Gasteiger partial charge on any atom is -0.211 e. The highest BCUT2D eigenvalue weighted by atomic mass is 35.5. The first-order valence-corrected chi connectivity index (χ1v) is 4.01. The minimum atomic E-state index is -0.372. The number of nitrogens with zero attached hydrogens (tertiary/aromatic N) is 1. The van der Waals surface area contributed by atoms with Crippen LogP contribution in [0.15, 0.2) is 17.1 Å². The van der Waals surface area contributed by atoms with Gasteiger partial charge in [0.1, 0.15) is 5.82 Å². The summed E-state index contributed by atoms with van der Waals surface area (Å²) < 4.78 is 13.3. The average molecular weight is 200 g/mol. The molecule has 0 heterocycles. The molecule has 13 heavy (non-hydrogen) atoms. The monoisotopic (exact) mass is 199 g/mol. The van der Waals surface area contributed by atoms with Crippen molar-refractivity contribution in [1.29, 1.82) is 0 Å². The number of rotatable bonds is 2. The molecule has 0 spiro atoms. The molecule has 1 rings (SSSR count). The molecule has 0 fully saturated rings. The van der Waals surface area contributed by atoms with E-state index in [1.807, 2.05) is 0 Å². The van der Waals surface area contributed by atoms with Gasteiger partial charge in [0.05, 0.1) is 6.54 Å². The predicted octanol–water partition coefficient (Wildman–Crippen LogP) is 2.62. The maximum Gasteiger partial charge on any atom is 0.235 e. The molecule has 1 aromatic rings. The van der Waals surface area contributed by atoms with Gasteiger partial charge in [-0.1, -0.05) is 11.6 Å². The predicted molar refractivity (Wildman–Crippen MR) is 48.0 cm³/mol. The second kappa shape index (κ2) is 4.17. The normalized spacial score (nSPS) is 9.46. The second-order valence-electron chi connectivity index (χ2n) is 2.60. The van der Waals surface area contributed by atoms with Crippen LogP contribution in [0, 0.1) is 12.7 Å². The fourth-order valence-electron chi connectivity index (χ4n) is 1.03. The zero-order valence-electron chi connectivity index (χ0n) is 6.97. The lowest BCUT2D eigenvalue weighted by atomic mass is 10.1. The molecular formula is C9H7ClFNO. The summed E-state index contributed by atoms with van der Waals surface area (Å²) >= 11 is 5.69. The fraction of sp³-hybridized carbons (Fsp3) is 0.222. The topological polar surface area (TPSA) is 29.4 Å². The van der Waals surface area contributed by atoms with Crippen LogP contribution in [0.2, 0.25) is 5.02 Å². The van der Waals surface area contributed by atoms with Crippen LogP contribution in [0.1, 0.15) is 11.1 Å². The Balaban J connectivity index is 3.12. The molecule has 0 aliphatic carbocycles. The summed E-state index contributed by atoms with van der Waals surface area (Å²) in [6.45, 7) is 1.59. The Morgan fingerprint density at radius 2 is 2.31 bits per heavy atom. The summed E-state index contributed by atoms with van der Waals surface area (Å²) in [6.07, 6.45) is 1.35. The number of aliphatic imine (C=N–C) groups is 1. The molecule has 68 valence electrons. The highest BCUT2D eigenvalue weighted by molar-refractivity contribution is 6.30. The van der Waals surface area contributed by atoms with Gasteiger partial charge < -0.3 is 0 Å². The largest absolute Gasteiger partial charge is 0.235 e. The molecule has 0 aliphatic rings. The van der Waals surface area contributed by atoms with E-state index in [2.05, 4.69) is 4.99 Å². The Kier molecular flexibility index (Phi) is 3.18. The number of aryl methyl sites for hydroxylation is 1. The Bertz CT molecular complexity index is 372. The number of halogens is 2. The van der Waals surface area contributed by atoms with Gasteiger partial charge in [0.2, 0.25) is 6.08 Å². The van der Waals surface area contributed by atoms with Crippen molar-refractivity contribution >= 4 is 17.7 Å². The minimum absolute atomic E-state index is 0.0171. The van der Waals surface area contributed by atoms with E-state index in [-0.39, 0.29) is 12.4 Å². The van der Waals surface area contributed by atoms with E-state index in [1.165, 1.54) is 18.2 Å². The van der Waals surface area contributed by atoms with E-state index in [1.54, 1.807) is 6.92 Å². The third-order valence-electron chi connectivity index (χ3n) is 1.61. The molecule has 2 nitrogen and oxygen atoms in total. The van der Waals surface area contributed by atoms with Gasteiger partial charge in [-0.05, 0) is 24.6 Å². The van der Waals surface area contributed by atoms with Crippen LogP contribution in [0.25, 0.3) is 0 Å². The molecule has 0 aromatic heterocycles. The van der Waals surface area contributed by atoms with E-state index in [0.717, 1.165) is 0 Å². The third-order valence-corrected chi connectivity index (χ3v) is 1.83. The first-order chi connectivity index (χ1) is 6.15. The van der Waals surface area contributed by atoms with Gasteiger partial charge in [-0.25, -0.2) is 14.2 Å². The number of carbonyl (C=O) groups excluding carboxylic acids is 1. The van der Waals surface area contributed by atoms with Crippen molar-refractivity contribution in [2.75, 3.05) is 0 Å². The van der Waals surface area contributed by atoms with E-state index < -0.39 is 0 Å². The van der Waals surface area contributed by atoms with Gasteiger partial charge in [0.15, 0.2) is 0 Å². The van der Waals surface area contributed by atoms with E-state index in [9.17, 15) is 9.18 Å². The third kappa shape index (κ3) is 2.38. The van der Waals surface area contributed by atoms with Crippen LogP contribution in [-0.4, -0.2) is 6.08 Å². The molecule has 1 aromatic carbocycles. The van der Waals surface area contributed by atoms with Gasteiger partial charge in [0, 0.05) is 10.6 Å². The van der Waals surface area contributed by atoms with Crippen LogP contribution >= 0.6 is 11.6 Å². The number of hydrogen-bond acceptors (Lipinski definition) is 2. The molecule has 0 atom stereocenters. The van der Waals surface area contributed by atoms with Gasteiger partial charge in [-0.15, -0.1) is 0 Å². The molecule has 0 N–H and O–H groups in total. The highest BCUT2D eigenvalue weighted by Gasteiger charge is 2.05. The number of benzene rings is 1. The van der Waals surface area contributed by atoms with Crippen LogP contribution < -0.4 is 0 Å². The van der Waals surface area contributed by atoms with Gasteiger partial charge in [-0.2, -0.15) is 0 Å². The van der Waals surface area contributed by atoms with E-state index in [0.29, 0.717) is 16.1 Å². The molecule has 4 heteroatoms. The Hall–Kier alpha value is -1.18. The van der Waals surface area contributed by atoms with Crippen LogP contribution in [-0.2, 0) is 11.3 Å². The summed E-state index contributed by atoms with van der Waals surface area (Å²) in [5, 5.41) is 0.440. The van der Waals surface area contributed by atoms with Crippen molar-refractivity contribution in [2.24, 2.45) is 4.99 Å². The molecule has 0 saturated heterocycles. The molecule has 0 radical (unpaired) electrons. The summed E-state index contributed by atoms with van der Waals surface area (Å²) in [6, 6.07) is 2.97. The molecule has 0 unspecified atom stereocenters. The Labute approximate surface area is 80.1 Å². The van der Waals surface area contributed by atoms with Crippen LogP contribution in [0.4, 0.5) is 4.39 Å². The Morgan fingerprint density at radius 3 is 2.92 bits per heavy atom. The van der Waals surface area contributed by atoms with E-state index in [4.69, 9.17) is 11.6 Å². The number of isocyanates is 1. The second-order valence-corrected chi connectivity index (χ2v) is 3.04. The number of hydrogen-bond donors (Lipinski definition) is 0. The quantitative estimate of drug-likeness (QED) is 0.532. The van der Waals surface area contributed by atoms with Crippen molar-refractivity contribution in [3.05, 3.63) is 34.1 Å². The summed E-state index contributed by atoms with van der Waals surface area (Å²) in [7, 11) is 0. The first-order valence-electron chi connectivity index (χ1n) is 3.63. The van der Waals surface area contributed by atoms with Gasteiger partial charge in [-0.3, -0.25) is 0 Å². The van der Waals surface area contributed by atoms with Crippen molar-refractivity contribution in [3.8, 4) is 0 Å². The maximum atomic E-state index is 13.3. The van der Waals surface area contributed by atoms with Gasteiger partial charge >= 0.3 is 0 Å². The van der Waals surface area contributed by atoms with Crippen LogP contribution in [0.3, 0.4) is 0 Å². The molecule has 0 amide bonds. The highest BCUT2D eigenvalue weighted by Crippen LogP contribution is 2.19. The lowest BCUT2D eigenvalue weighted by Crippen LogP contribution is -1.92. The zero-order chi connectivity index (χ0) is 9.84. The average Bonchev–Trinajstić information content (AvgIpc) is 2.09. The van der Waals surface area contributed by atoms with Crippen molar-refractivity contribution < 1.29 is 9.18 Å². The molecule has 0 saturated carbocycles. The smallest absolute Gasteiger partial charge is 0.211 e. The molecular weight excluding hydrogens is 193 g/mol. The van der Waals surface area contributed by atoms with E-state index >= 15 is 0 Å². The zero-order valence-corrected chi connectivity index (χ0v) is 7.73. The van der Waals surface area contributed by atoms with Gasteiger partial charge in [0.25, 0.3) is 0 Å². The standard InChI is InChI=1S/C9H7ClFNO/c1-6-2-8(10)3-7(9(6)11)4-12-5-13/h2-3H,4H2,1H3. The lowest BCUT2D eigenvalue weighted by molar-refractivity contribution is 0.561. The van der Waals surface area contributed by atoms with Crippen molar-refractivity contribution in [3.63, 3.8) is 0 Å². The summed E-state index contributed by atoms with van der Waals surface area (Å²) in [5.41, 5.74) is 0.761. The molecule has 0 bridgehead atoms. The molecule has 0 aliphatic heterocycles. The first kappa shape index (κ1) is 9.90. The fourth-order valence-corrected chi connectivity index (χ4v) is 1.32. The summed E-state index contributed by atoms with van der Waals surface area (Å²) in [5.74, 6) is -0.372. The van der Waals surface area contributed by atoms with Crippen molar-refractivity contribution in [1.82, 2.24) is 0 Å². The lowest BCUT2D eigenvalue weighted by Gasteiger charge is -2.02. The Morgan fingerprint density at radius 1 is 1.62 bits per heavy atom.